The lowest BCUT2D eigenvalue weighted by Crippen LogP contribution is -2.72. The lowest BCUT2D eigenvalue weighted by molar-refractivity contribution is -0.171. The Morgan fingerprint density at radius 1 is 0.983 bits per heavy atom. The number of phenolic OH excluding ortho intramolecular Hbond substituents is 1. The van der Waals surface area contributed by atoms with Crippen molar-refractivity contribution in [2.24, 2.45) is 11.8 Å². The molecule has 3 aliphatic heterocycles. The molecule has 3 heterocycles. The Labute approximate surface area is 342 Å². The van der Waals surface area contributed by atoms with Gasteiger partial charge in [-0.1, -0.05) is 35.5 Å². The van der Waals surface area contributed by atoms with Crippen LogP contribution in [0.15, 0.2) is 70.9 Å². The molecule has 1 saturated carbocycles. The number of nitrogens with one attached hydrogen (secondary N) is 1. The van der Waals surface area contributed by atoms with Gasteiger partial charge in [0.05, 0.1) is 25.4 Å². The SMILES string of the molecule is COc1ccc(OC)c(CCNC(=O)/C(C)=C\CC23OC(C)(C)C4CC(C=C5C(=O)c6c(O)c7c(c(CC=C(C)C)c6OC542)OC(C)(CCC=C(C)C)C=C7)C3=O)c1. The molecule has 5 atom stereocenters. The second kappa shape index (κ2) is 14.9. The average molecular weight is 792 g/mol. The number of carbonyl (C=O) groups excluding carboxylic acids is 3. The molecule has 8 rings (SSSR count). The van der Waals surface area contributed by atoms with Crippen LogP contribution in [0, 0.1) is 11.8 Å². The highest BCUT2D eigenvalue weighted by atomic mass is 16.6. The monoisotopic (exact) mass is 791 g/mol. The fourth-order valence-corrected chi connectivity index (χ4v) is 9.70. The van der Waals surface area contributed by atoms with Crippen LogP contribution in [0.3, 0.4) is 0 Å². The summed E-state index contributed by atoms with van der Waals surface area (Å²) >= 11 is 0. The summed E-state index contributed by atoms with van der Waals surface area (Å²) < 4.78 is 32.0. The number of ketones is 2. The Hall–Kier alpha value is -5.09. The topological polar surface area (TPSA) is 130 Å². The standard InChI is InChI=1S/C48H57NO9/c1-27(2)12-11-20-46(8)21-18-33-39(50)38-40(51)35-25-31-26-37-45(6,7)58-47(43(31)52,48(35,37)57-42(38)34(41(33)56-46)15-13-28(3)4)22-17-29(5)44(53)49-23-19-30-24-32(54-9)14-16-36(30)55-10/h12-14,16-18,21,24-25,31,37,50H,11,15,19-20,22-23,26H2,1-10H3,(H,49,53)/b29-17-. The minimum atomic E-state index is -1.62. The molecule has 5 unspecified atom stereocenters. The van der Waals surface area contributed by atoms with E-state index in [-0.39, 0.29) is 46.9 Å². The minimum absolute atomic E-state index is 0.00702. The molecule has 0 aromatic heterocycles. The summed E-state index contributed by atoms with van der Waals surface area (Å²) in [4.78, 5) is 43.4. The first-order valence-electron chi connectivity index (χ1n) is 20.3. The van der Waals surface area contributed by atoms with E-state index in [1.165, 1.54) is 5.57 Å². The third kappa shape index (κ3) is 6.57. The van der Waals surface area contributed by atoms with Gasteiger partial charge in [-0.3, -0.25) is 14.4 Å². The zero-order chi connectivity index (χ0) is 41.9. The lowest BCUT2D eigenvalue weighted by atomic mass is 9.51. The highest BCUT2D eigenvalue weighted by Crippen LogP contribution is 2.68. The Morgan fingerprint density at radius 3 is 2.41 bits per heavy atom. The minimum Gasteiger partial charge on any atom is -0.506 e. The number of amides is 1. The van der Waals surface area contributed by atoms with Crippen molar-refractivity contribution in [3.05, 3.63) is 93.1 Å². The molecule has 10 heteroatoms. The molecule has 1 spiro atoms. The lowest BCUT2D eigenvalue weighted by Gasteiger charge is -2.56. The predicted molar refractivity (Wildman–Crippen MR) is 223 cm³/mol. The van der Waals surface area contributed by atoms with Crippen LogP contribution < -0.4 is 24.3 Å². The normalized spacial score (nSPS) is 27.0. The number of phenols is 1. The summed E-state index contributed by atoms with van der Waals surface area (Å²) in [7, 11) is 3.20. The van der Waals surface area contributed by atoms with E-state index in [0.29, 0.717) is 71.7 Å². The van der Waals surface area contributed by atoms with Gasteiger partial charge in [0, 0.05) is 41.5 Å². The maximum absolute atomic E-state index is 15.1. The highest BCUT2D eigenvalue weighted by molar-refractivity contribution is 6.19. The molecule has 2 N–H and O–H groups in total. The van der Waals surface area contributed by atoms with Crippen molar-refractivity contribution in [2.45, 2.75) is 116 Å². The largest absolute Gasteiger partial charge is 0.506 e. The van der Waals surface area contributed by atoms with E-state index >= 15 is 4.79 Å². The number of Topliss-reactive ketones (excluding diaryl/α,β-unsaturated/α-hetero) is 2. The van der Waals surface area contributed by atoms with Gasteiger partial charge >= 0.3 is 0 Å². The molecule has 58 heavy (non-hydrogen) atoms. The maximum atomic E-state index is 15.1. The van der Waals surface area contributed by atoms with Gasteiger partial charge in [0.25, 0.3) is 0 Å². The molecule has 308 valence electrons. The van der Waals surface area contributed by atoms with E-state index in [1.807, 2.05) is 65.0 Å². The summed E-state index contributed by atoms with van der Waals surface area (Å²) in [5.41, 5.74) is 0.346. The summed E-state index contributed by atoms with van der Waals surface area (Å²) in [6.45, 7) is 16.1. The number of rotatable bonds is 13. The number of aromatic hydroxyl groups is 1. The first-order chi connectivity index (χ1) is 27.4. The highest BCUT2D eigenvalue weighted by Gasteiger charge is 2.81. The van der Waals surface area contributed by atoms with Crippen molar-refractivity contribution >= 4 is 23.5 Å². The third-order valence-electron chi connectivity index (χ3n) is 12.7. The first kappa shape index (κ1) is 41.1. The van der Waals surface area contributed by atoms with Crippen LogP contribution in [-0.2, 0) is 27.2 Å². The van der Waals surface area contributed by atoms with Crippen molar-refractivity contribution in [3.8, 4) is 28.7 Å². The molecule has 2 fully saturated rings. The van der Waals surface area contributed by atoms with E-state index in [4.69, 9.17) is 23.7 Å². The van der Waals surface area contributed by atoms with E-state index in [2.05, 4.69) is 31.3 Å². The van der Waals surface area contributed by atoms with E-state index in [9.17, 15) is 14.7 Å². The molecule has 1 saturated heterocycles. The second-order valence-electron chi connectivity index (χ2n) is 17.6. The molecule has 2 aromatic carbocycles. The smallest absolute Gasteiger partial charge is 0.246 e. The van der Waals surface area contributed by atoms with Gasteiger partial charge in [-0.2, -0.15) is 0 Å². The molecular formula is C48H57NO9. The Morgan fingerprint density at radius 2 is 1.72 bits per heavy atom. The third-order valence-corrected chi connectivity index (χ3v) is 12.7. The fraction of sp³-hybridized carbons (Fsp3) is 0.479. The number of hydrogen-bond acceptors (Lipinski definition) is 9. The van der Waals surface area contributed by atoms with Gasteiger partial charge in [0.1, 0.15) is 39.9 Å². The molecular weight excluding hydrogens is 735 g/mol. The quantitative estimate of drug-likeness (QED) is 0.152. The van der Waals surface area contributed by atoms with Gasteiger partial charge < -0.3 is 34.1 Å². The van der Waals surface area contributed by atoms with Crippen LogP contribution in [-0.4, -0.2) is 65.7 Å². The number of fused-ring (bicyclic) bond motifs is 2. The van der Waals surface area contributed by atoms with Crippen LogP contribution in [0.25, 0.3) is 6.08 Å². The Kier molecular flexibility index (Phi) is 10.6. The van der Waals surface area contributed by atoms with Crippen LogP contribution in [0.1, 0.15) is 108 Å². The second-order valence-corrected chi connectivity index (χ2v) is 17.6. The Bertz CT molecular complexity index is 2230. The maximum Gasteiger partial charge on any atom is 0.246 e. The summed E-state index contributed by atoms with van der Waals surface area (Å²) in [6, 6.07) is 5.54. The van der Waals surface area contributed by atoms with E-state index < -0.39 is 28.3 Å². The summed E-state index contributed by atoms with van der Waals surface area (Å²) in [5.74, 6) is 0.0320. The molecule has 6 aliphatic rings. The van der Waals surface area contributed by atoms with Crippen LogP contribution in [0.4, 0.5) is 0 Å². The first-order valence-corrected chi connectivity index (χ1v) is 20.3. The van der Waals surface area contributed by atoms with Crippen molar-refractivity contribution in [1.82, 2.24) is 5.32 Å². The molecule has 4 bridgehead atoms. The predicted octanol–water partition coefficient (Wildman–Crippen LogP) is 8.53. The molecule has 3 aliphatic carbocycles. The number of methoxy groups -OCH3 is 2. The van der Waals surface area contributed by atoms with E-state index in [1.54, 1.807) is 33.3 Å². The van der Waals surface area contributed by atoms with Gasteiger partial charge in [0.15, 0.2) is 22.8 Å². The van der Waals surface area contributed by atoms with Gasteiger partial charge in [-0.25, -0.2) is 0 Å². The Balaban J connectivity index is 1.27. The van der Waals surface area contributed by atoms with Gasteiger partial charge in [0.2, 0.25) is 5.91 Å². The van der Waals surface area contributed by atoms with Gasteiger partial charge in [-0.15, -0.1) is 0 Å². The summed E-state index contributed by atoms with van der Waals surface area (Å²) in [5, 5.41) is 15.0. The fourth-order valence-electron chi connectivity index (χ4n) is 9.70. The average Bonchev–Trinajstić information content (AvgIpc) is 3.33. The molecule has 2 aromatic rings. The number of benzene rings is 2. The number of ether oxygens (including phenoxy) is 5. The van der Waals surface area contributed by atoms with Crippen LogP contribution >= 0.6 is 0 Å². The van der Waals surface area contributed by atoms with Crippen molar-refractivity contribution in [2.75, 3.05) is 20.8 Å². The van der Waals surface area contributed by atoms with Crippen molar-refractivity contribution in [3.63, 3.8) is 0 Å². The zero-order valence-electron chi connectivity index (χ0n) is 35.5. The number of hydrogen-bond donors (Lipinski definition) is 2. The number of carbonyl (C=O) groups is 3. The van der Waals surface area contributed by atoms with Crippen molar-refractivity contribution in [1.29, 1.82) is 0 Å². The summed E-state index contributed by atoms with van der Waals surface area (Å²) in [6.07, 6.45) is 14.3. The molecule has 1 amide bonds. The van der Waals surface area contributed by atoms with Gasteiger partial charge in [-0.05, 0) is 123 Å². The molecule has 0 radical (unpaired) electrons. The molecule has 10 nitrogen and oxygen atoms in total. The van der Waals surface area contributed by atoms with Crippen LogP contribution in [0.2, 0.25) is 0 Å². The van der Waals surface area contributed by atoms with Crippen LogP contribution in [0.5, 0.6) is 28.7 Å². The number of allylic oxidation sites excluding steroid dienone is 5. The van der Waals surface area contributed by atoms with E-state index in [0.717, 1.165) is 17.6 Å². The zero-order valence-corrected chi connectivity index (χ0v) is 35.5. The van der Waals surface area contributed by atoms with Crippen molar-refractivity contribution < 1.29 is 43.2 Å².